The van der Waals surface area contributed by atoms with Crippen molar-refractivity contribution in [2.45, 2.75) is 0 Å². The summed E-state index contributed by atoms with van der Waals surface area (Å²) in [5.41, 5.74) is 11.6. The normalized spacial score (nSPS) is 11.5. The van der Waals surface area contributed by atoms with Crippen LogP contribution in [0.1, 0.15) is 5.69 Å². The molecular formula is C5H8BN5O. The number of nitrogens with two attached hydrogens (primary N) is 2. The Kier molecular flexibility index (Phi) is 2.13. The van der Waals surface area contributed by atoms with E-state index in [0.717, 1.165) is 0 Å². The Labute approximate surface area is 69.7 Å². The third-order valence-electron chi connectivity index (χ3n) is 1.27. The maximum atomic E-state index is 8.34. The molecule has 0 amide bonds. The van der Waals surface area contributed by atoms with Gasteiger partial charge in [-0.1, -0.05) is 5.16 Å². The van der Waals surface area contributed by atoms with Crippen LogP contribution in [0, 0.1) is 0 Å². The largest absolute Gasteiger partial charge is 0.409 e. The number of nitrogens with zero attached hydrogens (tertiary/aromatic N) is 3. The second-order valence-corrected chi connectivity index (χ2v) is 2.23. The van der Waals surface area contributed by atoms with Gasteiger partial charge in [-0.15, -0.1) is 0 Å². The molecule has 0 spiro atoms. The van der Waals surface area contributed by atoms with Crippen molar-refractivity contribution in [3.8, 4) is 0 Å². The van der Waals surface area contributed by atoms with Gasteiger partial charge < -0.3 is 16.7 Å². The fourth-order valence-electron chi connectivity index (χ4n) is 0.722. The van der Waals surface area contributed by atoms with E-state index in [1.165, 1.54) is 6.20 Å². The Bertz CT molecular complexity index is 326. The van der Waals surface area contributed by atoms with Crippen molar-refractivity contribution in [3.63, 3.8) is 0 Å². The molecule has 0 aromatic carbocycles. The van der Waals surface area contributed by atoms with Crippen LogP contribution in [0.2, 0.25) is 0 Å². The highest BCUT2D eigenvalue weighted by molar-refractivity contribution is 6.30. The van der Waals surface area contributed by atoms with Gasteiger partial charge in [-0.2, -0.15) is 0 Å². The number of hydrogen-bond donors (Lipinski definition) is 3. The zero-order valence-electron chi connectivity index (χ0n) is 6.52. The second-order valence-electron chi connectivity index (χ2n) is 2.23. The van der Waals surface area contributed by atoms with E-state index >= 15 is 0 Å². The summed E-state index contributed by atoms with van der Waals surface area (Å²) in [7, 11) is 1.74. The Morgan fingerprint density at radius 2 is 2.33 bits per heavy atom. The van der Waals surface area contributed by atoms with Gasteiger partial charge in [0.05, 0.1) is 0 Å². The van der Waals surface area contributed by atoms with E-state index in [1.54, 1.807) is 7.85 Å². The van der Waals surface area contributed by atoms with Crippen molar-refractivity contribution in [2.24, 2.45) is 10.9 Å². The van der Waals surface area contributed by atoms with E-state index in [4.69, 9.17) is 16.7 Å². The van der Waals surface area contributed by atoms with Gasteiger partial charge in [0.1, 0.15) is 5.69 Å². The Morgan fingerprint density at radius 1 is 1.67 bits per heavy atom. The molecule has 7 heteroatoms. The van der Waals surface area contributed by atoms with E-state index < -0.39 is 0 Å². The third kappa shape index (κ3) is 1.44. The number of hydrogen-bond acceptors (Lipinski definition) is 5. The van der Waals surface area contributed by atoms with Crippen LogP contribution < -0.4 is 17.1 Å². The lowest BCUT2D eigenvalue weighted by Gasteiger charge is -2.01. The standard InChI is InChI=1S/C5H8BN5O/c6-2-1-9-4(7)3(10-2)5(8)11-12/h1,12H,6H2,(H2,7,9)(H2,8,11). The van der Waals surface area contributed by atoms with Crippen LogP contribution in [0.15, 0.2) is 11.4 Å². The zero-order chi connectivity index (χ0) is 9.14. The van der Waals surface area contributed by atoms with Crippen molar-refractivity contribution in [2.75, 3.05) is 5.73 Å². The van der Waals surface area contributed by atoms with Gasteiger partial charge in [-0.05, 0) is 0 Å². The molecule has 5 N–H and O–H groups in total. The topological polar surface area (TPSA) is 110 Å². The van der Waals surface area contributed by atoms with E-state index in [2.05, 4.69) is 15.1 Å². The third-order valence-corrected chi connectivity index (χ3v) is 1.27. The fourth-order valence-corrected chi connectivity index (χ4v) is 0.722. The SMILES string of the molecule is Bc1cnc(N)c(/C(N)=N/O)n1. The van der Waals surface area contributed by atoms with Crippen LogP contribution in [0.3, 0.4) is 0 Å². The molecule has 0 fully saturated rings. The lowest BCUT2D eigenvalue weighted by molar-refractivity contribution is 0.318. The molecule has 0 aliphatic carbocycles. The average Bonchev–Trinajstić information content (AvgIpc) is 2.08. The van der Waals surface area contributed by atoms with Crippen molar-refractivity contribution in [3.05, 3.63) is 11.9 Å². The van der Waals surface area contributed by atoms with Crippen LogP contribution >= 0.6 is 0 Å². The summed E-state index contributed by atoms with van der Waals surface area (Å²) < 4.78 is 0. The molecule has 1 heterocycles. The predicted molar refractivity (Wildman–Crippen MR) is 47.1 cm³/mol. The average molecular weight is 165 g/mol. The van der Waals surface area contributed by atoms with E-state index in [9.17, 15) is 0 Å². The molecule has 62 valence electrons. The molecule has 0 atom stereocenters. The Hall–Kier alpha value is -1.79. The summed E-state index contributed by atoms with van der Waals surface area (Å²) in [5, 5.41) is 11.1. The Balaban J connectivity index is 3.23. The minimum Gasteiger partial charge on any atom is -0.409 e. The van der Waals surface area contributed by atoms with Crippen molar-refractivity contribution in [1.82, 2.24) is 9.97 Å². The molecule has 0 unspecified atom stereocenters. The molecule has 0 aliphatic rings. The molecule has 12 heavy (non-hydrogen) atoms. The highest BCUT2D eigenvalue weighted by Crippen LogP contribution is 1.99. The molecule has 0 radical (unpaired) electrons. The minimum absolute atomic E-state index is 0.135. The highest BCUT2D eigenvalue weighted by atomic mass is 16.4. The minimum atomic E-state index is -0.135. The number of anilines is 1. The van der Waals surface area contributed by atoms with Gasteiger partial charge in [0.15, 0.2) is 19.5 Å². The monoisotopic (exact) mass is 165 g/mol. The van der Waals surface area contributed by atoms with Crippen LogP contribution in [0.5, 0.6) is 0 Å². The summed E-state index contributed by atoms with van der Waals surface area (Å²) in [6, 6.07) is 0. The fraction of sp³-hybridized carbons (Fsp3) is 0. The summed E-state index contributed by atoms with van der Waals surface area (Å²) in [6.07, 6.45) is 1.50. The molecule has 0 aliphatic heterocycles. The number of amidine groups is 1. The first kappa shape index (κ1) is 8.31. The number of oxime groups is 1. The first-order valence-corrected chi connectivity index (χ1v) is 3.22. The summed E-state index contributed by atoms with van der Waals surface area (Å²) in [5.74, 6) is 0.0135. The van der Waals surface area contributed by atoms with Gasteiger partial charge in [0, 0.05) is 11.8 Å². The van der Waals surface area contributed by atoms with Gasteiger partial charge >= 0.3 is 0 Å². The van der Waals surface area contributed by atoms with Gasteiger partial charge in [-0.25, -0.2) is 4.98 Å². The van der Waals surface area contributed by atoms with E-state index in [0.29, 0.717) is 5.59 Å². The molecule has 1 aromatic heterocycles. The maximum absolute atomic E-state index is 8.34. The maximum Gasteiger partial charge on any atom is 0.192 e. The van der Waals surface area contributed by atoms with Gasteiger partial charge in [0.2, 0.25) is 0 Å². The van der Waals surface area contributed by atoms with Crippen LogP contribution in [-0.4, -0.2) is 28.9 Å². The highest BCUT2D eigenvalue weighted by Gasteiger charge is 2.06. The smallest absolute Gasteiger partial charge is 0.192 e. The number of aromatic nitrogens is 2. The van der Waals surface area contributed by atoms with Gasteiger partial charge in [0.25, 0.3) is 0 Å². The molecular weight excluding hydrogens is 157 g/mol. The molecule has 6 nitrogen and oxygen atoms in total. The number of nitrogen functional groups attached to an aromatic ring is 1. The number of rotatable bonds is 1. The van der Waals surface area contributed by atoms with Crippen molar-refractivity contribution < 1.29 is 5.21 Å². The lowest BCUT2D eigenvalue weighted by Crippen LogP contribution is -2.23. The molecule has 0 saturated carbocycles. The predicted octanol–water partition coefficient (Wildman–Crippen LogP) is -2.59. The second kappa shape index (κ2) is 3.08. The van der Waals surface area contributed by atoms with Crippen molar-refractivity contribution in [1.29, 1.82) is 0 Å². The first-order valence-electron chi connectivity index (χ1n) is 3.22. The van der Waals surface area contributed by atoms with Crippen LogP contribution in [0.25, 0.3) is 0 Å². The molecule has 1 aromatic rings. The molecule has 0 saturated heterocycles. The molecule has 1 rings (SSSR count). The molecule has 0 bridgehead atoms. The first-order chi connectivity index (χ1) is 5.65. The quantitative estimate of drug-likeness (QED) is 0.139. The summed E-state index contributed by atoms with van der Waals surface area (Å²) >= 11 is 0. The zero-order valence-corrected chi connectivity index (χ0v) is 6.52. The summed E-state index contributed by atoms with van der Waals surface area (Å²) in [4.78, 5) is 7.73. The Morgan fingerprint density at radius 3 is 2.92 bits per heavy atom. The van der Waals surface area contributed by atoms with Gasteiger partial charge in [-0.3, -0.25) is 4.98 Å². The van der Waals surface area contributed by atoms with Crippen LogP contribution in [-0.2, 0) is 0 Å². The van der Waals surface area contributed by atoms with Crippen LogP contribution in [0.4, 0.5) is 5.82 Å². The van der Waals surface area contributed by atoms with Crippen molar-refractivity contribution >= 4 is 25.1 Å². The van der Waals surface area contributed by atoms with E-state index in [-0.39, 0.29) is 17.3 Å². The van der Waals surface area contributed by atoms with E-state index in [1.807, 2.05) is 0 Å². The summed E-state index contributed by atoms with van der Waals surface area (Å²) in [6.45, 7) is 0. The lowest BCUT2D eigenvalue weighted by atomic mass is 10.1.